The lowest BCUT2D eigenvalue weighted by molar-refractivity contribution is 0.102. The fraction of sp³-hybridized carbons (Fsp3) is 0.227. The van der Waals surface area contributed by atoms with Crippen molar-refractivity contribution in [2.75, 3.05) is 28.6 Å². The van der Waals surface area contributed by atoms with Crippen LogP contribution in [0.2, 0.25) is 0 Å². The largest absolute Gasteiger partial charge is 0.372 e. The first-order valence-electron chi connectivity index (χ1n) is 9.53. The van der Waals surface area contributed by atoms with Crippen molar-refractivity contribution >= 4 is 28.8 Å². The average molecular weight is 393 g/mol. The van der Waals surface area contributed by atoms with Crippen molar-refractivity contribution in [1.82, 2.24) is 9.97 Å². The Hall–Kier alpha value is -3.48. The number of hydrogen-bond acceptors (Lipinski definition) is 5. The quantitative estimate of drug-likeness (QED) is 0.605. The van der Waals surface area contributed by atoms with Crippen molar-refractivity contribution in [1.29, 1.82) is 0 Å². The van der Waals surface area contributed by atoms with E-state index < -0.39 is 5.82 Å². The number of hydrogen-bond donors (Lipinski definition) is 2. The highest BCUT2D eigenvalue weighted by Crippen LogP contribution is 2.20. The van der Waals surface area contributed by atoms with E-state index in [1.165, 1.54) is 12.1 Å². The number of benzene rings is 2. The van der Waals surface area contributed by atoms with Gasteiger partial charge in [-0.3, -0.25) is 4.79 Å². The number of halogens is 1. The van der Waals surface area contributed by atoms with E-state index in [1.54, 1.807) is 25.1 Å². The molecule has 3 aromatic rings. The average Bonchev–Trinajstić information content (AvgIpc) is 2.71. The Morgan fingerprint density at radius 3 is 2.38 bits per heavy atom. The predicted octanol–water partition coefficient (Wildman–Crippen LogP) is 4.77. The van der Waals surface area contributed by atoms with Gasteiger partial charge in [-0.15, -0.1) is 0 Å². The fourth-order valence-corrected chi connectivity index (χ4v) is 2.99. The summed E-state index contributed by atoms with van der Waals surface area (Å²) in [7, 11) is 0. The molecule has 2 aromatic carbocycles. The van der Waals surface area contributed by atoms with Gasteiger partial charge in [-0.05, 0) is 57.2 Å². The summed E-state index contributed by atoms with van der Waals surface area (Å²) in [4.78, 5) is 23.3. The molecule has 3 rings (SSSR count). The number of carbonyl (C=O) groups is 1. The van der Waals surface area contributed by atoms with E-state index in [0.29, 0.717) is 17.3 Å². The predicted molar refractivity (Wildman–Crippen MR) is 114 cm³/mol. The third kappa shape index (κ3) is 5.07. The van der Waals surface area contributed by atoms with Crippen LogP contribution in [-0.4, -0.2) is 29.0 Å². The van der Waals surface area contributed by atoms with Crippen LogP contribution in [0, 0.1) is 12.7 Å². The van der Waals surface area contributed by atoms with Gasteiger partial charge in [0.25, 0.3) is 5.91 Å². The van der Waals surface area contributed by atoms with Gasteiger partial charge in [-0.1, -0.05) is 12.1 Å². The number of para-hydroxylation sites is 1. The lowest BCUT2D eigenvalue weighted by Crippen LogP contribution is -2.21. The van der Waals surface area contributed by atoms with Crippen LogP contribution in [0.4, 0.5) is 27.3 Å². The molecule has 0 aliphatic carbocycles. The highest BCUT2D eigenvalue weighted by molar-refractivity contribution is 6.03. The Labute approximate surface area is 169 Å². The first-order valence-corrected chi connectivity index (χ1v) is 9.53. The third-order valence-corrected chi connectivity index (χ3v) is 4.46. The minimum absolute atomic E-state index is 0.198. The number of aromatic nitrogens is 2. The van der Waals surface area contributed by atoms with Crippen LogP contribution < -0.4 is 15.5 Å². The van der Waals surface area contributed by atoms with E-state index in [4.69, 9.17) is 0 Å². The molecular formula is C22H24FN5O. The smallest absolute Gasteiger partial charge is 0.274 e. The fourth-order valence-electron chi connectivity index (χ4n) is 2.99. The lowest BCUT2D eigenvalue weighted by atomic mass is 10.2. The monoisotopic (exact) mass is 393 g/mol. The van der Waals surface area contributed by atoms with Gasteiger partial charge in [0.15, 0.2) is 0 Å². The van der Waals surface area contributed by atoms with Gasteiger partial charge in [0.2, 0.25) is 0 Å². The second kappa shape index (κ2) is 9.14. The van der Waals surface area contributed by atoms with Crippen molar-refractivity contribution in [2.45, 2.75) is 20.8 Å². The normalized spacial score (nSPS) is 10.5. The number of nitrogens with one attached hydrogen (secondary N) is 2. The first-order chi connectivity index (χ1) is 14.0. The van der Waals surface area contributed by atoms with Crippen LogP contribution in [0.15, 0.2) is 54.6 Å². The Kier molecular flexibility index (Phi) is 6.39. The van der Waals surface area contributed by atoms with Crippen molar-refractivity contribution in [3.05, 3.63) is 71.9 Å². The molecule has 0 unspecified atom stereocenters. The molecule has 0 saturated heterocycles. The van der Waals surface area contributed by atoms with Crippen molar-refractivity contribution < 1.29 is 9.18 Å². The first kappa shape index (κ1) is 20.3. The molecule has 0 fully saturated rings. The summed E-state index contributed by atoms with van der Waals surface area (Å²) >= 11 is 0. The summed E-state index contributed by atoms with van der Waals surface area (Å²) in [6, 6.07) is 15.4. The zero-order chi connectivity index (χ0) is 20.8. The van der Waals surface area contributed by atoms with E-state index in [1.807, 2.05) is 24.3 Å². The van der Waals surface area contributed by atoms with Crippen molar-refractivity contribution in [3.8, 4) is 0 Å². The van der Waals surface area contributed by atoms with Gasteiger partial charge in [-0.25, -0.2) is 14.4 Å². The minimum atomic E-state index is -0.400. The molecule has 29 heavy (non-hydrogen) atoms. The highest BCUT2D eigenvalue weighted by Gasteiger charge is 2.12. The van der Waals surface area contributed by atoms with E-state index in [0.717, 1.165) is 18.8 Å². The highest BCUT2D eigenvalue weighted by atomic mass is 19.1. The summed E-state index contributed by atoms with van der Waals surface area (Å²) < 4.78 is 13.9. The molecule has 2 N–H and O–H groups in total. The third-order valence-electron chi connectivity index (χ3n) is 4.46. The molecule has 0 spiro atoms. The molecule has 0 saturated carbocycles. The number of anilines is 4. The molecule has 1 amide bonds. The Bertz CT molecular complexity index is 987. The van der Waals surface area contributed by atoms with Gasteiger partial charge in [0, 0.05) is 30.5 Å². The van der Waals surface area contributed by atoms with Crippen LogP contribution in [-0.2, 0) is 0 Å². The van der Waals surface area contributed by atoms with Crippen LogP contribution in [0.5, 0.6) is 0 Å². The molecule has 0 bridgehead atoms. The van der Waals surface area contributed by atoms with Gasteiger partial charge in [0.05, 0.1) is 5.69 Å². The number of rotatable bonds is 7. The zero-order valence-electron chi connectivity index (χ0n) is 16.7. The second-order valence-electron chi connectivity index (χ2n) is 6.46. The van der Waals surface area contributed by atoms with Crippen LogP contribution in [0.25, 0.3) is 0 Å². The lowest BCUT2D eigenvalue weighted by Gasteiger charge is -2.21. The van der Waals surface area contributed by atoms with Gasteiger partial charge in [0.1, 0.15) is 23.2 Å². The topological polar surface area (TPSA) is 70.2 Å². The second-order valence-corrected chi connectivity index (χ2v) is 6.46. The molecule has 150 valence electrons. The molecule has 1 aromatic heterocycles. The van der Waals surface area contributed by atoms with Gasteiger partial charge in [-0.2, -0.15) is 0 Å². The summed E-state index contributed by atoms with van der Waals surface area (Å²) in [5.74, 6) is 0.00346. The molecule has 0 aliphatic heterocycles. The van der Waals surface area contributed by atoms with E-state index >= 15 is 0 Å². The molecule has 0 radical (unpaired) electrons. The summed E-state index contributed by atoms with van der Waals surface area (Å²) in [6.07, 6.45) is 0. The van der Waals surface area contributed by atoms with Crippen LogP contribution in [0.3, 0.4) is 0 Å². The molecule has 1 heterocycles. The molecule has 6 nitrogen and oxygen atoms in total. The van der Waals surface area contributed by atoms with E-state index in [-0.39, 0.29) is 17.3 Å². The SMILES string of the molecule is CCN(CC)c1ccc(NC(=O)c2cc(Nc3ccccc3F)nc(C)n2)cc1. The Balaban J connectivity index is 1.75. The Morgan fingerprint density at radius 2 is 1.72 bits per heavy atom. The van der Waals surface area contributed by atoms with Crippen molar-refractivity contribution in [3.63, 3.8) is 0 Å². The van der Waals surface area contributed by atoms with E-state index in [9.17, 15) is 9.18 Å². The summed E-state index contributed by atoms with van der Waals surface area (Å²) in [5, 5.41) is 5.73. The molecule has 0 aliphatic rings. The summed E-state index contributed by atoms with van der Waals surface area (Å²) in [5.41, 5.74) is 2.25. The standard InChI is InChI=1S/C22H24FN5O/c1-4-28(5-2)17-12-10-16(11-13-17)26-22(29)20-14-21(25-15(3)24-20)27-19-9-7-6-8-18(19)23/h6-14H,4-5H2,1-3H3,(H,26,29)(H,24,25,27). The number of amides is 1. The number of carbonyl (C=O) groups excluding carboxylic acids is 1. The summed E-state index contributed by atoms with van der Waals surface area (Å²) in [6.45, 7) is 7.72. The van der Waals surface area contributed by atoms with Crippen LogP contribution in [0.1, 0.15) is 30.2 Å². The zero-order valence-corrected chi connectivity index (χ0v) is 16.7. The number of aryl methyl sites for hydroxylation is 1. The molecular weight excluding hydrogens is 369 g/mol. The number of nitrogens with zero attached hydrogens (tertiary/aromatic N) is 3. The van der Waals surface area contributed by atoms with Crippen molar-refractivity contribution in [2.24, 2.45) is 0 Å². The minimum Gasteiger partial charge on any atom is -0.372 e. The van der Waals surface area contributed by atoms with Crippen LogP contribution >= 0.6 is 0 Å². The van der Waals surface area contributed by atoms with Gasteiger partial charge >= 0.3 is 0 Å². The van der Waals surface area contributed by atoms with Gasteiger partial charge < -0.3 is 15.5 Å². The maximum Gasteiger partial charge on any atom is 0.274 e. The Morgan fingerprint density at radius 1 is 1.03 bits per heavy atom. The maximum absolute atomic E-state index is 13.9. The van der Waals surface area contributed by atoms with E-state index in [2.05, 4.69) is 39.3 Å². The molecule has 7 heteroatoms. The molecule has 0 atom stereocenters. The maximum atomic E-state index is 13.9.